The van der Waals surface area contributed by atoms with Crippen molar-refractivity contribution in [3.8, 4) is 0 Å². The molecule has 0 spiro atoms. The SMILES string of the molecule is CCOC(=O)c1sc(S(C)=NC(=O)Nc2ccc(Cl)cc2)c2c1CCC=C2. The number of halogens is 1. The molecule has 0 bridgehead atoms. The Morgan fingerprint density at radius 1 is 1.33 bits per heavy atom. The minimum absolute atomic E-state index is 0.303. The van der Waals surface area contributed by atoms with Crippen LogP contribution in [0.25, 0.3) is 6.08 Å². The van der Waals surface area contributed by atoms with Crippen LogP contribution in [-0.4, -0.2) is 24.9 Å². The number of urea groups is 1. The van der Waals surface area contributed by atoms with Crippen molar-refractivity contribution < 1.29 is 14.3 Å². The van der Waals surface area contributed by atoms with Crippen LogP contribution in [0.5, 0.6) is 0 Å². The van der Waals surface area contributed by atoms with Gasteiger partial charge in [0.15, 0.2) is 0 Å². The molecule has 0 saturated carbocycles. The third kappa shape index (κ3) is 4.66. The Hall–Kier alpha value is -1.96. The first-order valence-corrected chi connectivity index (χ1v) is 11.2. The van der Waals surface area contributed by atoms with Gasteiger partial charge in [-0.15, -0.1) is 11.3 Å². The molecule has 27 heavy (non-hydrogen) atoms. The van der Waals surface area contributed by atoms with E-state index in [9.17, 15) is 9.59 Å². The summed E-state index contributed by atoms with van der Waals surface area (Å²) in [4.78, 5) is 25.2. The third-order valence-corrected chi connectivity index (χ3v) is 7.35. The Kier molecular flexibility index (Phi) is 6.46. The van der Waals surface area contributed by atoms with E-state index < -0.39 is 16.7 Å². The number of thiophene rings is 1. The summed E-state index contributed by atoms with van der Waals surface area (Å²) in [7, 11) is -0.684. The highest BCUT2D eigenvalue weighted by molar-refractivity contribution is 7.89. The monoisotopic (exact) mass is 422 g/mol. The van der Waals surface area contributed by atoms with Crippen LogP contribution in [0.2, 0.25) is 5.02 Å². The number of esters is 1. The van der Waals surface area contributed by atoms with Crippen LogP contribution < -0.4 is 5.32 Å². The van der Waals surface area contributed by atoms with Gasteiger partial charge in [-0.2, -0.15) is 4.36 Å². The maximum absolute atomic E-state index is 12.3. The van der Waals surface area contributed by atoms with Gasteiger partial charge in [0.2, 0.25) is 0 Å². The number of hydrogen-bond donors (Lipinski definition) is 1. The van der Waals surface area contributed by atoms with Crippen molar-refractivity contribution in [2.24, 2.45) is 4.36 Å². The van der Waals surface area contributed by atoms with Crippen LogP contribution >= 0.6 is 22.9 Å². The summed E-state index contributed by atoms with van der Waals surface area (Å²) >= 11 is 7.23. The van der Waals surface area contributed by atoms with E-state index in [4.69, 9.17) is 16.3 Å². The molecule has 1 aromatic carbocycles. The van der Waals surface area contributed by atoms with E-state index in [1.54, 1.807) is 31.2 Å². The van der Waals surface area contributed by atoms with Crippen LogP contribution in [0.4, 0.5) is 10.5 Å². The van der Waals surface area contributed by atoms with Crippen LogP contribution in [0, 0.1) is 0 Å². The first-order valence-electron chi connectivity index (χ1n) is 8.43. The van der Waals surface area contributed by atoms with Gasteiger partial charge in [-0.3, -0.25) is 0 Å². The topological polar surface area (TPSA) is 67.8 Å². The Labute approximate surface area is 169 Å². The molecule has 1 heterocycles. The van der Waals surface area contributed by atoms with Gasteiger partial charge >= 0.3 is 12.0 Å². The lowest BCUT2D eigenvalue weighted by atomic mass is 10.00. The van der Waals surface area contributed by atoms with Crippen LogP contribution in [0.3, 0.4) is 0 Å². The summed E-state index contributed by atoms with van der Waals surface area (Å²) in [6, 6.07) is 6.42. The lowest BCUT2D eigenvalue weighted by Gasteiger charge is -2.09. The lowest BCUT2D eigenvalue weighted by molar-refractivity contribution is 0.0531. The van der Waals surface area contributed by atoms with Gasteiger partial charge in [0.25, 0.3) is 0 Å². The normalized spacial score (nSPS) is 13.9. The molecular weight excluding hydrogens is 404 g/mol. The zero-order valence-corrected chi connectivity index (χ0v) is 17.3. The molecule has 1 unspecified atom stereocenters. The molecule has 0 saturated heterocycles. The molecule has 142 valence electrons. The molecule has 1 aliphatic rings. The molecule has 2 amide bonds. The molecule has 8 heteroatoms. The summed E-state index contributed by atoms with van der Waals surface area (Å²) in [5.41, 5.74) is 2.64. The summed E-state index contributed by atoms with van der Waals surface area (Å²) in [5.74, 6) is -0.303. The molecule has 5 nitrogen and oxygen atoms in total. The molecule has 0 fully saturated rings. The Bertz CT molecular complexity index is 933. The molecule has 0 radical (unpaired) electrons. The van der Waals surface area contributed by atoms with Crippen molar-refractivity contribution in [2.75, 3.05) is 18.2 Å². The Balaban J connectivity index is 1.87. The van der Waals surface area contributed by atoms with Crippen molar-refractivity contribution >= 4 is 57.4 Å². The van der Waals surface area contributed by atoms with Crippen molar-refractivity contribution in [3.05, 3.63) is 51.4 Å². The first kappa shape index (κ1) is 19.8. The van der Waals surface area contributed by atoms with Gasteiger partial charge in [0, 0.05) is 16.3 Å². The number of benzene rings is 1. The van der Waals surface area contributed by atoms with Crippen molar-refractivity contribution in [3.63, 3.8) is 0 Å². The number of nitrogens with zero attached hydrogens (tertiary/aromatic N) is 1. The summed E-state index contributed by atoms with van der Waals surface area (Å²) in [5, 5.41) is 3.34. The predicted octanol–water partition coefficient (Wildman–Crippen LogP) is 5.56. The van der Waals surface area contributed by atoms with E-state index in [2.05, 4.69) is 15.8 Å². The largest absolute Gasteiger partial charge is 0.462 e. The minimum Gasteiger partial charge on any atom is -0.462 e. The molecule has 3 rings (SSSR count). The maximum atomic E-state index is 12.3. The number of anilines is 1. The van der Waals surface area contributed by atoms with Crippen molar-refractivity contribution in [1.29, 1.82) is 0 Å². The molecule has 2 aromatic rings. The number of hydrogen-bond acceptors (Lipinski definition) is 4. The van der Waals surface area contributed by atoms with E-state index in [-0.39, 0.29) is 5.97 Å². The fourth-order valence-electron chi connectivity index (χ4n) is 2.73. The van der Waals surface area contributed by atoms with Crippen molar-refractivity contribution in [1.82, 2.24) is 0 Å². The van der Waals surface area contributed by atoms with E-state index in [0.717, 1.165) is 28.2 Å². The van der Waals surface area contributed by atoms with Gasteiger partial charge < -0.3 is 10.1 Å². The predicted molar refractivity (Wildman–Crippen MR) is 112 cm³/mol. The number of nitrogens with one attached hydrogen (secondary N) is 1. The second-order valence-corrected chi connectivity index (χ2v) is 9.04. The van der Waals surface area contributed by atoms with Gasteiger partial charge in [-0.25, -0.2) is 9.59 Å². The summed E-state index contributed by atoms with van der Waals surface area (Å²) in [6.45, 7) is 2.13. The van der Waals surface area contributed by atoms with Gasteiger partial charge in [-0.1, -0.05) is 34.4 Å². The highest BCUT2D eigenvalue weighted by Gasteiger charge is 2.24. The highest BCUT2D eigenvalue weighted by Crippen LogP contribution is 2.36. The number of rotatable bonds is 4. The van der Waals surface area contributed by atoms with Crippen molar-refractivity contribution in [2.45, 2.75) is 24.0 Å². The molecule has 0 aliphatic heterocycles. The Morgan fingerprint density at radius 3 is 2.78 bits per heavy atom. The second kappa shape index (κ2) is 8.82. The second-order valence-electron chi connectivity index (χ2n) is 5.78. The number of carbonyl (C=O) groups is 2. The molecular formula is C19H19ClN2O3S2. The minimum atomic E-state index is -0.684. The lowest BCUT2D eigenvalue weighted by Crippen LogP contribution is -2.07. The van der Waals surface area contributed by atoms with E-state index in [0.29, 0.717) is 22.2 Å². The average Bonchev–Trinajstić information content (AvgIpc) is 3.04. The number of amides is 2. The van der Waals surface area contributed by atoms with E-state index in [1.165, 1.54) is 11.3 Å². The van der Waals surface area contributed by atoms with E-state index >= 15 is 0 Å². The van der Waals surface area contributed by atoms with Crippen LogP contribution in [0.1, 0.15) is 34.1 Å². The fourth-order valence-corrected chi connectivity index (χ4v) is 5.55. The van der Waals surface area contributed by atoms with Gasteiger partial charge in [-0.05, 0) is 55.9 Å². The zero-order chi connectivity index (χ0) is 19.4. The zero-order valence-electron chi connectivity index (χ0n) is 15.0. The molecule has 1 N–H and O–H groups in total. The molecule has 1 aliphatic carbocycles. The number of ether oxygens (including phenoxy) is 1. The average molecular weight is 423 g/mol. The van der Waals surface area contributed by atoms with Gasteiger partial charge in [0.05, 0.1) is 10.8 Å². The first-order chi connectivity index (χ1) is 13.0. The third-order valence-electron chi connectivity index (χ3n) is 3.90. The fraction of sp³-hybridized carbons (Fsp3) is 0.263. The number of allylic oxidation sites excluding steroid dienone is 1. The smallest absolute Gasteiger partial charge is 0.351 e. The van der Waals surface area contributed by atoms with Crippen LogP contribution in [-0.2, 0) is 21.8 Å². The van der Waals surface area contributed by atoms with E-state index in [1.807, 2.05) is 12.3 Å². The Morgan fingerprint density at radius 2 is 2.07 bits per heavy atom. The molecule has 1 atom stereocenters. The molecule has 1 aromatic heterocycles. The van der Waals surface area contributed by atoms with Gasteiger partial charge in [0.1, 0.15) is 4.88 Å². The van der Waals surface area contributed by atoms with Crippen LogP contribution in [0.15, 0.2) is 38.9 Å². The maximum Gasteiger partial charge on any atom is 0.351 e. The summed E-state index contributed by atoms with van der Waals surface area (Å²) in [6.07, 6.45) is 7.67. The standard InChI is InChI=1S/C19H19ClN2O3S2/c1-3-25-17(23)16-14-6-4-5-7-15(14)18(26-16)27(2)22-19(24)21-13-10-8-12(20)9-11-13/h5,7-11H,3-4,6H2,1-2H3,(H,21,24). The number of fused-ring (bicyclic) bond motifs is 1. The number of carbonyl (C=O) groups excluding carboxylic acids is 2. The quantitative estimate of drug-likeness (QED) is 0.655. The summed E-state index contributed by atoms with van der Waals surface area (Å²) < 4.78 is 10.4. The highest BCUT2D eigenvalue weighted by atomic mass is 35.5.